The van der Waals surface area contributed by atoms with Crippen molar-refractivity contribution >= 4 is 33.0 Å². The fourth-order valence-electron chi connectivity index (χ4n) is 3.14. The van der Waals surface area contributed by atoms with E-state index in [-0.39, 0.29) is 17.3 Å². The molecule has 0 aromatic heterocycles. The molecule has 0 radical (unpaired) electrons. The lowest BCUT2D eigenvalue weighted by Crippen LogP contribution is -2.30. The Balaban J connectivity index is 2.22. The van der Waals surface area contributed by atoms with E-state index in [9.17, 15) is 13.2 Å². The number of hydrogen-bond acceptors (Lipinski definition) is 5. The number of amides is 1. The van der Waals surface area contributed by atoms with Gasteiger partial charge in [-0.05, 0) is 56.2 Å². The normalized spacial score (nSPS) is 11.4. The first kappa shape index (κ1) is 23.7. The predicted octanol–water partition coefficient (Wildman–Crippen LogP) is 3.82. The number of carbonyl (C=O) groups is 1. The standard InChI is InChI=1S/C22H32N4O3S/c1-6-23-20-13-12-18(30(28,29)26(7-2)8-3)14-21(20)24-15-22(27)25-19-11-9-10-16(4)17(19)5/h9-14,23-24H,6-8,15H2,1-5H3,(H,25,27). The van der Waals surface area contributed by atoms with Crippen molar-refractivity contribution in [3.8, 4) is 0 Å². The number of anilines is 3. The second-order valence-electron chi connectivity index (χ2n) is 6.98. The van der Waals surface area contributed by atoms with Gasteiger partial charge in [-0.3, -0.25) is 4.79 Å². The molecule has 1 amide bonds. The summed E-state index contributed by atoms with van der Waals surface area (Å²) in [5.41, 5.74) is 4.21. The van der Waals surface area contributed by atoms with Crippen molar-refractivity contribution in [2.75, 3.05) is 42.1 Å². The topological polar surface area (TPSA) is 90.5 Å². The summed E-state index contributed by atoms with van der Waals surface area (Å²) in [5.74, 6) is -0.205. The molecule has 0 atom stereocenters. The van der Waals surface area contributed by atoms with E-state index in [1.54, 1.807) is 18.2 Å². The van der Waals surface area contributed by atoms with Crippen LogP contribution < -0.4 is 16.0 Å². The Morgan fingerprint density at radius 1 is 0.933 bits per heavy atom. The van der Waals surface area contributed by atoms with Crippen LogP contribution in [0.1, 0.15) is 31.9 Å². The van der Waals surface area contributed by atoms with Crippen LogP contribution in [0.4, 0.5) is 17.1 Å². The zero-order valence-electron chi connectivity index (χ0n) is 18.4. The smallest absolute Gasteiger partial charge is 0.243 e. The van der Waals surface area contributed by atoms with Crippen LogP contribution in [-0.2, 0) is 14.8 Å². The quantitative estimate of drug-likeness (QED) is 0.531. The van der Waals surface area contributed by atoms with Gasteiger partial charge in [0.25, 0.3) is 0 Å². The van der Waals surface area contributed by atoms with Crippen LogP contribution in [0.2, 0.25) is 0 Å². The third kappa shape index (κ3) is 5.52. The van der Waals surface area contributed by atoms with Gasteiger partial charge >= 0.3 is 0 Å². The number of nitrogens with one attached hydrogen (secondary N) is 3. The first-order valence-electron chi connectivity index (χ1n) is 10.2. The summed E-state index contributed by atoms with van der Waals surface area (Å²) in [4.78, 5) is 12.7. The van der Waals surface area contributed by atoms with Crippen molar-refractivity contribution in [2.24, 2.45) is 0 Å². The number of sulfonamides is 1. The molecule has 0 bridgehead atoms. The summed E-state index contributed by atoms with van der Waals surface area (Å²) in [6, 6.07) is 10.7. The summed E-state index contributed by atoms with van der Waals surface area (Å²) in [6.07, 6.45) is 0. The second kappa shape index (κ2) is 10.4. The molecule has 0 fully saturated rings. The fourth-order valence-corrected chi connectivity index (χ4v) is 4.63. The minimum absolute atomic E-state index is 0.0144. The Hall–Kier alpha value is -2.58. The van der Waals surface area contributed by atoms with E-state index >= 15 is 0 Å². The highest BCUT2D eigenvalue weighted by atomic mass is 32.2. The zero-order valence-corrected chi connectivity index (χ0v) is 19.2. The van der Waals surface area contributed by atoms with Gasteiger partial charge in [-0.25, -0.2) is 8.42 Å². The van der Waals surface area contributed by atoms with Gasteiger partial charge in [0, 0.05) is 25.3 Å². The molecule has 30 heavy (non-hydrogen) atoms. The summed E-state index contributed by atoms with van der Waals surface area (Å²) < 4.78 is 27.1. The molecule has 164 valence electrons. The fraction of sp³-hybridized carbons (Fsp3) is 0.409. The van der Waals surface area contributed by atoms with Gasteiger partial charge in [-0.15, -0.1) is 0 Å². The SMILES string of the molecule is CCNc1ccc(S(=O)(=O)N(CC)CC)cc1NCC(=O)Nc1cccc(C)c1C. The van der Waals surface area contributed by atoms with E-state index < -0.39 is 10.0 Å². The molecular weight excluding hydrogens is 400 g/mol. The Morgan fingerprint density at radius 2 is 1.63 bits per heavy atom. The van der Waals surface area contributed by atoms with E-state index in [4.69, 9.17) is 0 Å². The number of carbonyl (C=O) groups excluding carboxylic acids is 1. The second-order valence-corrected chi connectivity index (χ2v) is 8.91. The van der Waals surface area contributed by atoms with Crippen molar-refractivity contribution in [1.82, 2.24) is 4.31 Å². The van der Waals surface area contributed by atoms with Gasteiger partial charge in [-0.1, -0.05) is 26.0 Å². The molecule has 3 N–H and O–H groups in total. The molecule has 2 rings (SSSR count). The predicted molar refractivity (Wildman–Crippen MR) is 124 cm³/mol. The Labute approximate surface area is 179 Å². The van der Waals surface area contributed by atoms with Gasteiger partial charge < -0.3 is 16.0 Å². The van der Waals surface area contributed by atoms with Crippen LogP contribution >= 0.6 is 0 Å². The van der Waals surface area contributed by atoms with Gasteiger partial charge in [0.15, 0.2) is 0 Å². The summed E-state index contributed by atoms with van der Waals surface area (Å²) in [6.45, 7) is 11.0. The maximum absolute atomic E-state index is 12.9. The first-order valence-corrected chi connectivity index (χ1v) is 11.7. The molecule has 0 unspecified atom stereocenters. The molecule has 0 aliphatic rings. The lowest BCUT2D eigenvalue weighted by molar-refractivity contribution is -0.114. The largest absolute Gasteiger partial charge is 0.384 e. The molecular formula is C22H32N4O3S. The van der Waals surface area contributed by atoms with Crippen LogP contribution in [-0.4, -0.2) is 44.8 Å². The van der Waals surface area contributed by atoms with E-state index in [2.05, 4.69) is 16.0 Å². The average molecular weight is 433 g/mol. The molecule has 0 aliphatic carbocycles. The molecule has 7 nitrogen and oxygen atoms in total. The zero-order chi connectivity index (χ0) is 22.3. The molecule has 0 heterocycles. The molecule has 2 aromatic rings. The molecule has 8 heteroatoms. The van der Waals surface area contributed by atoms with Gasteiger partial charge in [0.1, 0.15) is 0 Å². The Bertz CT molecular complexity index is 986. The third-order valence-corrected chi connectivity index (χ3v) is 7.07. The minimum atomic E-state index is -3.59. The van der Waals surface area contributed by atoms with Crippen LogP contribution in [0.15, 0.2) is 41.3 Å². The molecule has 0 saturated heterocycles. The van der Waals surface area contributed by atoms with E-state index in [1.165, 1.54) is 4.31 Å². The number of rotatable bonds is 10. The average Bonchev–Trinajstić information content (AvgIpc) is 2.71. The summed E-state index contributed by atoms with van der Waals surface area (Å²) >= 11 is 0. The van der Waals surface area contributed by atoms with Crippen LogP contribution in [0.3, 0.4) is 0 Å². The monoisotopic (exact) mass is 432 g/mol. The van der Waals surface area contributed by atoms with Crippen LogP contribution in [0.25, 0.3) is 0 Å². The minimum Gasteiger partial charge on any atom is -0.384 e. The molecule has 0 saturated carbocycles. The van der Waals surface area contributed by atoms with Gasteiger partial charge in [0.05, 0.1) is 22.8 Å². The highest BCUT2D eigenvalue weighted by molar-refractivity contribution is 7.89. The maximum Gasteiger partial charge on any atom is 0.243 e. The summed E-state index contributed by atoms with van der Waals surface area (Å²) in [5, 5.41) is 9.19. The van der Waals surface area contributed by atoms with Crippen molar-refractivity contribution in [3.05, 3.63) is 47.5 Å². The van der Waals surface area contributed by atoms with Gasteiger partial charge in [-0.2, -0.15) is 4.31 Å². The first-order chi connectivity index (χ1) is 14.2. The van der Waals surface area contributed by atoms with E-state index in [0.717, 1.165) is 22.5 Å². The molecule has 0 aliphatic heterocycles. The number of aryl methyl sites for hydroxylation is 1. The van der Waals surface area contributed by atoms with E-state index in [0.29, 0.717) is 25.3 Å². The van der Waals surface area contributed by atoms with Crippen LogP contribution in [0, 0.1) is 13.8 Å². The highest BCUT2D eigenvalue weighted by Gasteiger charge is 2.22. The lowest BCUT2D eigenvalue weighted by Gasteiger charge is -2.20. The van der Waals surface area contributed by atoms with Crippen molar-refractivity contribution in [3.63, 3.8) is 0 Å². The van der Waals surface area contributed by atoms with E-state index in [1.807, 2.05) is 52.8 Å². The van der Waals surface area contributed by atoms with Crippen molar-refractivity contribution in [2.45, 2.75) is 39.5 Å². The van der Waals surface area contributed by atoms with Crippen LogP contribution in [0.5, 0.6) is 0 Å². The summed E-state index contributed by atoms with van der Waals surface area (Å²) in [7, 11) is -3.59. The molecule has 2 aromatic carbocycles. The molecule has 0 spiro atoms. The van der Waals surface area contributed by atoms with Crippen molar-refractivity contribution < 1.29 is 13.2 Å². The highest BCUT2D eigenvalue weighted by Crippen LogP contribution is 2.27. The Kier molecular flexibility index (Phi) is 8.25. The van der Waals surface area contributed by atoms with Gasteiger partial charge in [0.2, 0.25) is 15.9 Å². The number of benzene rings is 2. The van der Waals surface area contributed by atoms with Crippen molar-refractivity contribution in [1.29, 1.82) is 0 Å². The maximum atomic E-state index is 12.9. The lowest BCUT2D eigenvalue weighted by atomic mass is 10.1. The number of hydrogen-bond donors (Lipinski definition) is 3. The Morgan fingerprint density at radius 3 is 2.27 bits per heavy atom. The number of nitrogens with zero attached hydrogens (tertiary/aromatic N) is 1. The third-order valence-electron chi connectivity index (χ3n) is 5.02.